The lowest BCUT2D eigenvalue weighted by molar-refractivity contribution is -0.137. The zero-order valence-corrected chi connectivity index (χ0v) is 15.8. The van der Waals surface area contributed by atoms with Gasteiger partial charge in [-0.2, -0.15) is 13.2 Å². The molecular weight excluding hydrogens is 391 g/mol. The number of nitrogens with one attached hydrogen (secondary N) is 2. The number of rotatable bonds is 2. The van der Waals surface area contributed by atoms with Gasteiger partial charge in [0, 0.05) is 26.2 Å². The first-order valence-electron chi connectivity index (χ1n) is 8.92. The zero-order valence-electron chi connectivity index (χ0n) is 15.0. The molecule has 150 valence electrons. The van der Waals surface area contributed by atoms with E-state index < -0.39 is 27.7 Å². The Balaban J connectivity index is 1.47. The Bertz CT molecular complexity index is 919. The first-order chi connectivity index (χ1) is 13.2. The maximum absolute atomic E-state index is 12.8. The number of halogens is 3. The third-order valence-electron chi connectivity index (χ3n) is 5.26. The zero-order chi connectivity index (χ0) is 20.0. The Morgan fingerprint density at radius 1 is 1.14 bits per heavy atom. The van der Waals surface area contributed by atoms with Crippen LogP contribution in [0.25, 0.3) is 0 Å². The van der Waals surface area contributed by atoms with Gasteiger partial charge in [0.25, 0.3) is 0 Å². The highest BCUT2D eigenvalue weighted by Gasteiger charge is 2.46. The van der Waals surface area contributed by atoms with E-state index in [1.165, 1.54) is 12.1 Å². The normalized spacial score (nSPS) is 28.0. The Labute approximate surface area is 162 Å². The number of para-hydroxylation sites is 1. The molecule has 2 aromatic rings. The van der Waals surface area contributed by atoms with Crippen LogP contribution in [0.2, 0.25) is 0 Å². The lowest BCUT2D eigenvalue weighted by atomic mass is 10.00. The van der Waals surface area contributed by atoms with Crippen molar-refractivity contribution in [2.24, 2.45) is 0 Å². The molecule has 1 saturated heterocycles. The molecule has 0 amide bonds. The van der Waals surface area contributed by atoms with Crippen LogP contribution < -0.4 is 10.0 Å². The van der Waals surface area contributed by atoms with Crippen LogP contribution in [-0.4, -0.2) is 34.6 Å². The summed E-state index contributed by atoms with van der Waals surface area (Å²) in [6.07, 6.45) is -3.73. The van der Waals surface area contributed by atoms with E-state index in [-0.39, 0.29) is 4.90 Å². The highest BCUT2D eigenvalue weighted by atomic mass is 32.3. The number of likely N-dealkylation sites (tertiary alicyclic amines) is 1. The van der Waals surface area contributed by atoms with Gasteiger partial charge in [-0.05, 0) is 36.2 Å². The van der Waals surface area contributed by atoms with E-state index in [1.807, 2.05) is 0 Å². The van der Waals surface area contributed by atoms with Crippen LogP contribution in [0.4, 0.5) is 18.9 Å². The summed E-state index contributed by atoms with van der Waals surface area (Å²) in [6.45, 7) is 2.05. The summed E-state index contributed by atoms with van der Waals surface area (Å²) in [4.78, 5) is 2.29. The predicted molar refractivity (Wildman–Crippen MR) is 99.2 cm³/mol. The highest BCUT2D eigenvalue weighted by Crippen LogP contribution is 2.34. The molecule has 0 aliphatic carbocycles. The van der Waals surface area contributed by atoms with E-state index in [1.54, 1.807) is 24.3 Å². The second-order valence-corrected chi connectivity index (χ2v) is 9.04. The van der Waals surface area contributed by atoms with Crippen molar-refractivity contribution in [3.63, 3.8) is 0 Å². The van der Waals surface area contributed by atoms with Crippen molar-refractivity contribution in [3.05, 3.63) is 59.7 Å². The molecule has 1 spiro atoms. The van der Waals surface area contributed by atoms with Crippen LogP contribution in [-0.2, 0) is 27.3 Å². The molecule has 2 N–H and O–H groups in total. The molecule has 0 saturated carbocycles. The van der Waals surface area contributed by atoms with Gasteiger partial charge in [0.15, 0.2) is 15.3 Å². The summed E-state index contributed by atoms with van der Waals surface area (Å²) in [5.41, 5.74) is 0.0162. The molecule has 1 fully saturated rings. The smallest absolute Gasteiger partial charge is 0.416 e. The standard InChI is InChI=1S/C19H20F3N3O2S/c20-19(21,22)15-7-5-14(6-8-15)11-25-10-9-18(13-25)12-23-16-3-1-2-4-17(16)28(26,27)24-18/h1-8,23H,9-13H2,(H-,24,26,27). The number of benzene rings is 2. The molecule has 2 atom stereocenters. The van der Waals surface area contributed by atoms with Gasteiger partial charge >= 0.3 is 6.18 Å². The summed E-state index contributed by atoms with van der Waals surface area (Å²) in [5.74, 6) is 0. The van der Waals surface area contributed by atoms with E-state index >= 15 is 0 Å². The van der Waals surface area contributed by atoms with Crippen molar-refractivity contribution in [3.8, 4) is 0 Å². The fourth-order valence-corrected chi connectivity index (χ4v) is 5.47. The van der Waals surface area contributed by atoms with Gasteiger partial charge in [-0.3, -0.25) is 4.90 Å². The summed E-state index contributed by atoms with van der Waals surface area (Å²) < 4.78 is 66.5. The first kappa shape index (κ1) is 19.4. The molecule has 2 aliphatic rings. The van der Waals surface area contributed by atoms with Crippen LogP contribution in [0.3, 0.4) is 0 Å². The van der Waals surface area contributed by atoms with Crippen molar-refractivity contribution in [1.82, 2.24) is 9.62 Å². The second kappa shape index (κ2) is 6.84. The summed E-state index contributed by atoms with van der Waals surface area (Å²) >= 11 is 0. The van der Waals surface area contributed by atoms with Crippen LogP contribution >= 0.6 is 0 Å². The van der Waals surface area contributed by atoms with Gasteiger partial charge < -0.3 is 9.87 Å². The van der Waals surface area contributed by atoms with Crippen molar-refractivity contribution in [2.45, 2.75) is 29.6 Å². The van der Waals surface area contributed by atoms with E-state index in [0.29, 0.717) is 38.3 Å². The minimum absolute atomic E-state index is 0.230. The molecular formula is C19H20F3N3O2S. The maximum atomic E-state index is 12.8. The van der Waals surface area contributed by atoms with E-state index in [0.717, 1.165) is 17.7 Å². The minimum Gasteiger partial charge on any atom is -0.593 e. The lowest BCUT2D eigenvalue weighted by Gasteiger charge is -2.29. The number of hydrogen-bond donors (Lipinski definition) is 2. The van der Waals surface area contributed by atoms with Gasteiger partial charge in [-0.25, -0.2) is 0 Å². The summed E-state index contributed by atoms with van der Waals surface area (Å²) in [5, 5.41) is 3.23. The Morgan fingerprint density at radius 3 is 2.57 bits per heavy atom. The van der Waals surface area contributed by atoms with Crippen molar-refractivity contribution < 1.29 is 21.9 Å². The molecule has 2 unspecified atom stereocenters. The molecule has 2 aromatic carbocycles. The Kier molecular flexibility index (Phi) is 4.73. The van der Waals surface area contributed by atoms with Gasteiger partial charge in [-0.15, -0.1) is 4.72 Å². The van der Waals surface area contributed by atoms with Crippen LogP contribution in [0.15, 0.2) is 53.4 Å². The number of hydrogen-bond acceptors (Lipinski definition) is 4. The molecule has 2 aliphatic heterocycles. The van der Waals surface area contributed by atoms with Crippen molar-refractivity contribution in [1.29, 1.82) is 0 Å². The molecule has 28 heavy (non-hydrogen) atoms. The SMILES string of the molecule is O=[S+]1([O-])NC2(CCN(Cc3ccc(C(F)(F)F)cc3)C2)CNc2ccccc21. The van der Waals surface area contributed by atoms with Crippen LogP contribution in [0.5, 0.6) is 0 Å². The molecule has 5 nitrogen and oxygen atoms in total. The molecule has 4 rings (SSSR count). The number of anilines is 1. The van der Waals surface area contributed by atoms with Gasteiger partial charge in [0.1, 0.15) is 0 Å². The third-order valence-corrected chi connectivity index (χ3v) is 6.90. The largest absolute Gasteiger partial charge is 0.593 e. The number of sulfonamides is 1. The molecule has 0 radical (unpaired) electrons. The van der Waals surface area contributed by atoms with Crippen LogP contribution in [0, 0.1) is 0 Å². The van der Waals surface area contributed by atoms with Gasteiger partial charge in [-0.1, -0.05) is 28.5 Å². The Hall–Kier alpha value is -1.94. The van der Waals surface area contributed by atoms with Gasteiger partial charge in [0.05, 0.1) is 16.8 Å². The first-order valence-corrected chi connectivity index (χ1v) is 10.4. The average Bonchev–Trinajstić information content (AvgIpc) is 2.97. The maximum Gasteiger partial charge on any atom is 0.416 e. The number of nitrogens with zero attached hydrogens (tertiary/aromatic N) is 1. The monoisotopic (exact) mass is 411 g/mol. The van der Waals surface area contributed by atoms with E-state index in [4.69, 9.17) is 0 Å². The molecule has 2 heterocycles. The summed E-state index contributed by atoms with van der Waals surface area (Å²) in [6, 6.07) is 11.9. The van der Waals surface area contributed by atoms with Crippen molar-refractivity contribution >= 4 is 16.1 Å². The fourth-order valence-electron chi connectivity index (χ4n) is 3.87. The number of alkyl halides is 3. The average molecular weight is 411 g/mol. The molecule has 0 aromatic heterocycles. The topological polar surface area (TPSA) is 67.4 Å². The second-order valence-electron chi connectivity index (χ2n) is 7.39. The minimum atomic E-state index is -4.35. The number of fused-ring (bicyclic) bond motifs is 1. The van der Waals surface area contributed by atoms with Gasteiger partial charge in [0.2, 0.25) is 0 Å². The highest BCUT2D eigenvalue weighted by molar-refractivity contribution is 7.96. The lowest BCUT2D eigenvalue weighted by Crippen LogP contribution is -2.55. The van der Waals surface area contributed by atoms with Crippen LogP contribution in [0.1, 0.15) is 17.5 Å². The molecule has 9 heteroatoms. The predicted octanol–water partition coefficient (Wildman–Crippen LogP) is 3.27. The Morgan fingerprint density at radius 2 is 1.86 bits per heavy atom. The van der Waals surface area contributed by atoms with E-state index in [9.17, 15) is 21.9 Å². The third kappa shape index (κ3) is 3.80. The fraction of sp³-hybridized carbons (Fsp3) is 0.368. The summed E-state index contributed by atoms with van der Waals surface area (Å²) in [7, 11) is -3.65. The van der Waals surface area contributed by atoms with Crippen molar-refractivity contribution in [2.75, 3.05) is 25.0 Å². The van der Waals surface area contributed by atoms with E-state index in [2.05, 4.69) is 14.9 Å². The molecule has 0 bridgehead atoms. The quantitative estimate of drug-likeness (QED) is 0.745.